The van der Waals surface area contributed by atoms with Gasteiger partial charge < -0.3 is 4.74 Å². The molecule has 0 radical (unpaired) electrons. The average molecular weight is 237 g/mol. The molecule has 2 fully saturated rings. The number of hydrogen-bond acceptors (Lipinski definition) is 2. The van der Waals surface area contributed by atoms with E-state index in [9.17, 15) is 0 Å². The van der Waals surface area contributed by atoms with Gasteiger partial charge in [0.2, 0.25) is 0 Å². The Morgan fingerprint density at radius 2 is 2.18 bits per heavy atom. The molecule has 3 atom stereocenters. The van der Waals surface area contributed by atoms with Crippen molar-refractivity contribution in [3.05, 3.63) is 0 Å². The van der Waals surface area contributed by atoms with E-state index in [4.69, 9.17) is 4.74 Å². The first-order valence-electron chi connectivity index (χ1n) is 4.25. The Balaban J connectivity index is 1.88. The van der Waals surface area contributed by atoms with Crippen molar-refractivity contribution in [2.45, 2.75) is 35.4 Å². The summed E-state index contributed by atoms with van der Waals surface area (Å²) in [5.74, 6) is 1.34. The van der Waals surface area contributed by atoms with E-state index in [2.05, 4.69) is 27.7 Å². The highest BCUT2D eigenvalue weighted by Crippen LogP contribution is 2.37. The summed E-state index contributed by atoms with van der Waals surface area (Å²) in [4.78, 5) is 0.619. The summed E-state index contributed by atoms with van der Waals surface area (Å²) in [6.45, 7) is 0.976. The smallest absolute Gasteiger partial charge is 0.0818 e. The Morgan fingerprint density at radius 1 is 1.36 bits per heavy atom. The van der Waals surface area contributed by atoms with Gasteiger partial charge in [-0.2, -0.15) is 11.8 Å². The summed E-state index contributed by atoms with van der Waals surface area (Å²) in [5, 5.41) is 0.791. The lowest BCUT2D eigenvalue weighted by Gasteiger charge is -2.38. The molecule has 0 aromatic carbocycles. The molecule has 0 bridgehead atoms. The zero-order chi connectivity index (χ0) is 7.68. The molecule has 0 saturated carbocycles. The molecular weight excluding hydrogens is 224 g/mol. The van der Waals surface area contributed by atoms with Crippen molar-refractivity contribution < 1.29 is 4.74 Å². The number of halogens is 1. The molecule has 0 amide bonds. The summed E-state index contributed by atoms with van der Waals surface area (Å²) in [5.41, 5.74) is 0. The minimum absolute atomic E-state index is 0.502. The molecule has 0 N–H and O–H groups in total. The zero-order valence-electron chi connectivity index (χ0n) is 6.46. The van der Waals surface area contributed by atoms with Crippen LogP contribution >= 0.6 is 27.7 Å². The predicted octanol–water partition coefficient (Wildman–Crippen LogP) is 2.43. The Kier molecular flexibility index (Phi) is 2.80. The third-order valence-electron chi connectivity index (χ3n) is 2.39. The summed E-state index contributed by atoms with van der Waals surface area (Å²) < 4.78 is 5.73. The topological polar surface area (TPSA) is 9.23 Å². The van der Waals surface area contributed by atoms with E-state index >= 15 is 0 Å². The largest absolute Gasteiger partial charge is 0.376 e. The van der Waals surface area contributed by atoms with Crippen LogP contribution in [0.1, 0.15) is 19.3 Å². The maximum absolute atomic E-state index is 5.73. The summed E-state index contributed by atoms with van der Waals surface area (Å²) in [7, 11) is 0. The van der Waals surface area contributed by atoms with Crippen molar-refractivity contribution in [1.82, 2.24) is 0 Å². The molecule has 2 heterocycles. The minimum Gasteiger partial charge on any atom is -0.376 e. The molecule has 3 heteroatoms. The van der Waals surface area contributed by atoms with E-state index in [0.29, 0.717) is 10.9 Å². The number of ether oxygens (including phenoxy) is 1. The molecule has 2 saturated heterocycles. The molecule has 2 aliphatic heterocycles. The fourth-order valence-electron chi connectivity index (χ4n) is 1.62. The average Bonchev–Trinajstić information content (AvgIpc) is 1.90. The summed E-state index contributed by atoms with van der Waals surface area (Å²) in [6, 6.07) is 0. The molecular formula is C8H13BrOS. The first-order chi connectivity index (χ1) is 5.38. The summed E-state index contributed by atoms with van der Waals surface area (Å²) in [6.07, 6.45) is 4.38. The third kappa shape index (κ3) is 1.76. The third-order valence-corrected chi connectivity index (χ3v) is 4.77. The van der Waals surface area contributed by atoms with Crippen LogP contribution in [0.25, 0.3) is 0 Å². The number of hydrogen-bond donors (Lipinski definition) is 0. The molecule has 2 rings (SSSR count). The molecule has 0 aliphatic carbocycles. The highest BCUT2D eigenvalue weighted by atomic mass is 79.9. The normalized spacial score (nSPS) is 45.0. The van der Waals surface area contributed by atoms with Crippen LogP contribution in [-0.2, 0) is 4.74 Å². The van der Waals surface area contributed by atoms with Gasteiger partial charge in [0, 0.05) is 16.7 Å². The van der Waals surface area contributed by atoms with Crippen molar-refractivity contribution in [2.75, 3.05) is 12.4 Å². The quantitative estimate of drug-likeness (QED) is 0.648. The van der Waals surface area contributed by atoms with Gasteiger partial charge in [0.15, 0.2) is 0 Å². The Hall–Kier alpha value is 0.790. The van der Waals surface area contributed by atoms with Gasteiger partial charge in [0.05, 0.1) is 6.10 Å². The summed E-state index contributed by atoms with van der Waals surface area (Å²) >= 11 is 5.75. The predicted molar refractivity (Wildman–Crippen MR) is 52.6 cm³/mol. The molecule has 1 nitrogen and oxygen atoms in total. The Morgan fingerprint density at radius 3 is 2.73 bits per heavy atom. The number of rotatable bonds is 1. The van der Waals surface area contributed by atoms with Crippen LogP contribution in [0.3, 0.4) is 0 Å². The van der Waals surface area contributed by atoms with Crippen LogP contribution in [-0.4, -0.2) is 28.5 Å². The van der Waals surface area contributed by atoms with Gasteiger partial charge in [-0.1, -0.05) is 15.9 Å². The van der Waals surface area contributed by atoms with Crippen LogP contribution in [0, 0.1) is 0 Å². The molecule has 2 aliphatic rings. The van der Waals surface area contributed by atoms with Crippen LogP contribution in [0.4, 0.5) is 0 Å². The second-order valence-electron chi connectivity index (χ2n) is 3.19. The Bertz CT molecular complexity index is 136. The van der Waals surface area contributed by atoms with Crippen molar-refractivity contribution >= 4 is 27.7 Å². The van der Waals surface area contributed by atoms with Crippen molar-refractivity contribution in [2.24, 2.45) is 0 Å². The molecule has 11 heavy (non-hydrogen) atoms. The van der Waals surface area contributed by atoms with Crippen molar-refractivity contribution in [3.63, 3.8) is 0 Å². The second kappa shape index (κ2) is 3.67. The minimum atomic E-state index is 0.502. The number of thioether (sulfide) groups is 1. The molecule has 0 aromatic rings. The highest BCUT2D eigenvalue weighted by Gasteiger charge is 2.35. The van der Waals surface area contributed by atoms with Gasteiger partial charge in [0.1, 0.15) is 0 Å². The SMILES string of the molecule is BrC1CCCOC1C1CCS1. The lowest BCUT2D eigenvalue weighted by molar-refractivity contribution is 0.0194. The lowest BCUT2D eigenvalue weighted by atomic mass is 10.0. The van der Waals surface area contributed by atoms with E-state index in [1.54, 1.807) is 0 Å². The van der Waals surface area contributed by atoms with Crippen LogP contribution in [0.15, 0.2) is 0 Å². The maximum atomic E-state index is 5.73. The van der Waals surface area contributed by atoms with E-state index < -0.39 is 0 Å². The van der Waals surface area contributed by atoms with E-state index in [0.717, 1.165) is 11.9 Å². The maximum Gasteiger partial charge on any atom is 0.0818 e. The Labute approximate surface area is 80.4 Å². The first-order valence-corrected chi connectivity index (χ1v) is 6.21. The monoisotopic (exact) mass is 236 g/mol. The number of alkyl halides is 1. The fourth-order valence-corrected chi connectivity index (χ4v) is 3.63. The zero-order valence-corrected chi connectivity index (χ0v) is 8.86. The van der Waals surface area contributed by atoms with Crippen molar-refractivity contribution in [1.29, 1.82) is 0 Å². The molecule has 64 valence electrons. The lowest BCUT2D eigenvalue weighted by Crippen LogP contribution is -2.42. The van der Waals surface area contributed by atoms with Gasteiger partial charge >= 0.3 is 0 Å². The van der Waals surface area contributed by atoms with E-state index in [1.165, 1.54) is 25.0 Å². The van der Waals surface area contributed by atoms with Gasteiger partial charge in [-0.05, 0) is 25.0 Å². The molecule has 0 aromatic heterocycles. The van der Waals surface area contributed by atoms with Crippen LogP contribution in [0.2, 0.25) is 0 Å². The van der Waals surface area contributed by atoms with Gasteiger partial charge in [-0.3, -0.25) is 0 Å². The fraction of sp³-hybridized carbons (Fsp3) is 1.00. The standard InChI is InChI=1S/C8H13BrOS/c9-6-2-1-4-10-8(6)7-3-5-11-7/h6-8H,1-5H2. The van der Waals surface area contributed by atoms with Crippen LogP contribution in [0.5, 0.6) is 0 Å². The second-order valence-corrected chi connectivity index (χ2v) is 5.71. The van der Waals surface area contributed by atoms with Crippen LogP contribution < -0.4 is 0 Å². The van der Waals surface area contributed by atoms with Gasteiger partial charge in [-0.15, -0.1) is 0 Å². The van der Waals surface area contributed by atoms with Gasteiger partial charge in [0.25, 0.3) is 0 Å². The van der Waals surface area contributed by atoms with Crippen molar-refractivity contribution in [3.8, 4) is 0 Å². The molecule has 0 spiro atoms. The van der Waals surface area contributed by atoms with E-state index in [-0.39, 0.29) is 0 Å². The van der Waals surface area contributed by atoms with Gasteiger partial charge in [-0.25, -0.2) is 0 Å². The first kappa shape index (κ1) is 8.39. The highest BCUT2D eigenvalue weighted by molar-refractivity contribution is 9.09. The van der Waals surface area contributed by atoms with E-state index in [1.807, 2.05) is 0 Å². The molecule has 3 unspecified atom stereocenters.